The minimum Gasteiger partial charge on any atom is -0.352 e. The van der Waals surface area contributed by atoms with Crippen molar-refractivity contribution in [1.82, 2.24) is 5.32 Å². The predicted molar refractivity (Wildman–Crippen MR) is 88.5 cm³/mol. The molecule has 0 aliphatic carbocycles. The Balaban J connectivity index is 1.81. The summed E-state index contributed by atoms with van der Waals surface area (Å²) in [6.07, 6.45) is 0.140. The summed E-state index contributed by atoms with van der Waals surface area (Å²) in [6.45, 7) is 0.234. The Morgan fingerprint density at radius 2 is 1.73 bits per heavy atom. The van der Waals surface area contributed by atoms with E-state index in [9.17, 15) is 9.59 Å². The molecule has 0 aliphatic heterocycles. The Morgan fingerprint density at radius 3 is 2.45 bits per heavy atom. The van der Waals surface area contributed by atoms with E-state index in [1.165, 1.54) is 0 Å². The van der Waals surface area contributed by atoms with Gasteiger partial charge in [-0.2, -0.15) is 0 Å². The first-order valence-corrected chi connectivity index (χ1v) is 7.40. The summed E-state index contributed by atoms with van der Waals surface area (Å²) in [4.78, 5) is 23.6. The third-order valence-corrected chi connectivity index (χ3v) is 3.44. The van der Waals surface area contributed by atoms with Crippen LogP contribution in [0, 0.1) is 0 Å². The first-order chi connectivity index (χ1) is 10.6. The van der Waals surface area contributed by atoms with E-state index in [0.717, 1.165) is 0 Å². The second-order valence-corrected chi connectivity index (χ2v) is 5.39. The molecule has 0 aromatic heterocycles. The van der Waals surface area contributed by atoms with Gasteiger partial charge in [-0.3, -0.25) is 9.59 Å². The minimum atomic E-state index is -0.252. The molecule has 0 spiro atoms. The summed E-state index contributed by atoms with van der Waals surface area (Å²) in [5.41, 5.74) is 1.01. The first kappa shape index (κ1) is 16.3. The highest BCUT2D eigenvalue weighted by Crippen LogP contribution is 2.25. The van der Waals surface area contributed by atoms with Crippen molar-refractivity contribution in [3.63, 3.8) is 0 Å². The van der Waals surface area contributed by atoms with E-state index in [1.807, 2.05) is 6.07 Å². The van der Waals surface area contributed by atoms with Crippen LogP contribution in [0.5, 0.6) is 0 Å². The average Bonchev–Trinajstić information content (AvgIpc) is 2.51. The molecule has 2 amide bonds. The largest absolute Gasteiger partial charge is 0.352 e. The summed E-state index contributed by atoms with van der Waals surface area (Å²) in [5, 5.41) is 6.23. The Bertz CT molecular complexity index is 675. The van der Waals surface area contributed by atoms with Crippen molar-refractivity contribution in [2.75, 3.05) is 11.9 Å². The molecule has 2 aromatic rings. The molecular weight excluding hydrogens is 323 g/mol. The maximum atomic E-state index is 11.8. The van der Waals surface area contributed by atoms with Gasteiger partial charge in [-0.1, -0.05) is 41.4 Å². The average molecular weight is 337 g/mol. The van der Waals surface area contributed by atoms with Crippen molar-refractivity contribution >= 4 is 40.7 Å². The standard InChI is InChI=1S/C16H14Cl2N2O2/c17-12-6-7-13(18)14(10-12)20-15(21)8-9-19-16(22)11-4-2-1-3-5-11/h1-7,10H,8-9H2,(H,19,22)(H,20,21). The van der Waals surface area contributed by atoms with Gasteiger partial charge < -0.3 is 10.6 Å². The normalized spacial score (nSPS) is 10.1. The number of hydrogen-bond donors (Lipinski definition) is 2. The van der Waals surface area contributed by atoms with E-state index in [2.05, 4.69) is 10.6 Å². The molecule has 0 aliphatic rings. The topological polar surface area (TPSA) is 58.2 Å². The molecule has 0 saturated carbocycles. The fraction of sp³-hybridized carbons (Fsp3) is 0.125. The second kappa shape index (κ2) is 7.82. The van der Waals surface area contributed by atoms with Gasteiger partial charge in [-0.25, -0.2) is 0 Å². The number of halogens is 2. The summed E-state index contributed by atoms with van der Waals surface area (Å²) < 4.78 is 0. The molecule has 6 heteroatoms. The van der Waals surface area contributed by atoms with E-state index in [4.69, 9.17) is 23.2 Å². The Labute approximate surface area is 138 Å². The zero-order chi connectivity index (χ0) is 15.9. The molecule has 4 nitrogen and oxygen atoms in total. The highest BCUT2D eigenvalue weighted by atomic mass is 35.5. The Morgan fingerprint density at radius 1 is 1.00 bits per heavy atom. The lowest BCUT2D eigenvalue weighted by molar-refractivity contribution is -0.116. The number of carbonyl (C=O) groups excluding carboxylic acids is 2. The van der Waals surface area contributed by atoms with E-state index in [0.29, 0.717) is 21.3 Å². The van der Waals surface area contributed by atoms with Crippen LogP contribution in [0.3, 0.4) is 0 Å². The van der Waals surface area contributed by atoms with Crippen molar-refractivity contribution < 1.29 is 9.59 Å². The second-order valence-electron chi connectivity index (χ2n) is 4.54. The van der Waals surface area contributed by atoms with Gasteiger partial charge in [0, 0.05) is 23.6 Å². The van der Waals surface area contributed by atoms with Crippen molar-refractivity contribution in [2.45, 2.75) is 6.42 Å². The molecule has 22 heavy (non-hydrogen) atoms. The van der Waals surface area contributed by atoms with Gasteiger partial charge in [0.05, 0.1) is 10.7 Å². The third kappa shape index (κ3) is 4.76. The van der Waals surface area contributed by atoms with Crippen LogP contribution in [0.4, 0.5) is 5.69 Å². The quantitative estimate of drug-likeness (QED) is 0.873. The van der Waals surface area contributed by atoms with E-state index < -0.39 is 0 Å². The Hall–Kier alpha value is -2.04. The molecular formula is C16H14Cl2N2O2. The lowest BCUT2D eigenvalue weighted by atomic mass is 10.2. The lowest BCUT2D eigenvalue weighted by Crippen LogP contribution is -2.27. The van der Waals surface area contributed by atoms with Crippen LogP contribution in [0.15, 0.2) is 48.5 Å². The molecule has 0 atom stereocenters. The number of hydrogen-bond acceptors (Lipinski definition) is 2. The van der Waals surface area contributed by atoms with Crippen LogP contribution < -0.4 is 10.6 Å². The summed E-state index contributed by atoms with van der Waals surface area (Å²) in [5.74, 6) is -0.466. The zero-order valence-electron chi connectivity index (χ0n) is 11.6. The fourth-order valence-corrected chi connectivity index (χ4v) is 2.12. The van der Waals surface area contributed by atoms with Crippen LogP contribution in [0.1, 0.15) is 16.8 Å². The highest BCUT2D eigenvalue weighted by Gasteiger charge is 2.08. The molecule has 0 saturated heterocycles. The van der Waals surface area contributed by atoms with Gasteiger partial charge in [0.1, 0.15) is 0 Å². The van der Waals surface area contributed by atoms with Gasteiger partial charge in [0.2, 0.25) is 5.91 Å². The van der Waals surface area contributed by atoms with Crippen molar-refractivity contribution in [3.8, 4) is 0 Å². The SMILES string of the molecule is O=C(CCNC(=O)c1ccccc1)Nc1cc(Cl)ccc1Cl. The van der Waals surface area contributed by atoms with Gasteiger partial charge in [0.25, 0.3) is 5.91 Å². The summed E-state index contributed by atoms with van der Waals surface area (Å²) in [7, 11) is 0. The first-order valence-electron chi connectivity index (χ1n) is 6.64. The predicted octanol–water partition coefficient (Wildman–Crippen LogP) is 3.75. The van der Waals surface area contributed by atoms with Crippen molar-refractivity contribution in [1.29, 1.82) is 0 Å². The van der Waals surface area contributed by atoms with Gasteiger partial charge in [-0.15, -0.1) is 0 Å². The van der Waals surface area contributed by atoms with Gasteiger partial charge in [0.15, 0.2) is 0 Å². The summed E-state index contributed by atoms with van der Waals surface area (Å²) >= 11 is 11.8. The molecule has 2 rings (SSSR count). The van der Waals surface area contributed by atoms with E-state index >= 15 is 0 Å². The smallest absolute Gasteiger partial charge is 0.251 e. The zero-order valence-corrected chi connectivity index (χ0v) is 13.1. The Kier molecular flexibility index (Phi) is 5.81. The maximum Gasteiger partial charge on any atom is 0.251 e. The van der Waals surface area contributed by atoms with E-state index in [1.54, 1.807) is 42.5 Å². The molecule has 0 fully saturated rings. The van der Waals surface area contributed by atoms with Gasteiger partial charge in [-0.05, 0) is 30.3 Å². The minimum absolute atomic E-state index is 0.140. The van der Waals surface area contributed by atoms with Crippen LogP contribution in [0.2, 0.25) is 10.0 Å². The molecule has 2 N–H and O–H groups in total. The van der Waals surface area contributed by atoms with Crippen molar-refractivity contribution in [2.24, 2.45) is 0 Å². The number of rotatable bonds is 5. The molecule has 0 heterocycles. The van der Waals surface area contributed by atoms with Crippen LogP contribution in [0.25, 0.3) is 0 Å². The van der Waals surface area contributed by atoms with Crippen LogP contribution >= 0.6 is 23.2 Å². The monoisotopic (exact) mass is 336 g/mol. The lowest BCUT2D eigenvalue weighted by Gasteiger charge is -2.08. The fourth-order valence-electron chi connectivity index (χ4n) is 1.79. The number of nitrogens with one attached hydrogen (secondary N) is 2. The maximum absolute atomic E-state index is 11.8. The molecule has 114 valence electrons. The molecule has 0 radical (unpaired) electrons. The third-order valence-electron chi connectivity index (χ3n) is 2.88. The number of amides is 2. The summed E-state index contributed by atoms with van der Waals surface area (Å²) in [6, 6.07) is 13.6. The van der Waals surface area contributed by atoms with Crippen LogP contribution in [-0.2, 0) is 4.79 Å². The van der Waals surface area contributed by atoms with Crippen molar-refractivity contribution in [3.05, 3.63) is 64.1 Å². The molecule has 0 bridgehead atoms. The highest BCUT2D eigenvalue weighted by molar-refractivity contribution is 6.35. The van der Waals surface area contributed by atoms with Crippen LogP contribution in [-0.4, -0.2) is 18.4 Å². The molecule has 2 aromatic carbocycles. The van der Waals surface area contributed by atoms with E-state index in [-0.39, 0.29) is 24.8 Å². The number of carbonyl (C=O) groups is 2. The van der Waals surface area contributed by atoms with Gasteiger partial charge >= 0.3 is 0 Å². The number of benzene rings is 2. The molecule has 0 unspecified atom stereocenters. The number of anilines is 1.